The second-order valence-corrected chi connectivity index (χ2v) is 6.00. The van der Waals surface area contributed by atoms with E-state index in [0.29, 0.717) is 19.4 Å². The summed E-state index contributed by atoms with van der Waals surface area (Å²) in [6, 6.07) is 4.01. The molecular formula is C14H19BrO3. The Morgan fingerprint density at radius 2 is 2.22 bits per heavy atom. The topological polar surface area (TPSA) is 49.7 Å². The molecule has 0 saturated carbocycles. The van der Waals surface area contributed by atoms with E-state index in [9.17, 15) is 10.2 Å². The van der Waals surface area contributed by atoms with Crippen LogP contribution in [0.5, 0.6) is 5.75 Å². The molecule has 1 aromatic rings. The molecule has 0 bridgehead atoms. The first-order valence-corrected chi connectivity index (χ1v) is 7.08. The van der Waals surface area contributed by atoms with Crippen LogP contribution in [0.2, 0.25) is 0 Å². The van der Waals surface area contributed by atoms with E-state index < -0.39 is 11.7 Å². The van der Waals surface area contributed by atoms with Gasteiger partial charge in [0.25, 0.3) is 0 Å². The van der Waals surface area contributed by atoms with Gasteiger partial charge in [-0.3, -0.25) is 0 Å². The molecule has 4 heteroatoms. The second-order valence-electron chi connectivity index (χ2n) is 5.08. The van der Waals surface area contributed by atoms with E-state index in [4.69, 9.17) is 4.74 Å². The Labute approximate surface area is 116 Å². The molecule has 0 aliphatic carbocycles. The van der Waals surface area contributed by atoms with Gasteiger partial charge in [0, 0.05) is 17.3 Å². The zero-order chi connectivity index (χ0) is 13.3. The molecule has 0 spiro atoms. The van der Waals surface area contributed by atoms with E-state index in [1.807, 2.05) is 13.0 Å². The lowest BCUT2D eigenvalue weighted by atomic mass is 9.90. The van der Waals surface area contributed by atoms with Crippen molar-refractivity contribution in [3.05, 3.63) is 27.7 Å². The van der Waals surface area contributed by atoms with Crippen LogP contribution in [0.1, 0.15) is 31.4 Å². The van der Waals surface area contributed by atoms with Crippen LogP contribution in [-0.2, 0) is 12.8 Å². The molecule has 1 aliphatic heterocycles. The highest BCUT2D eigenvalue weighted by Crippen LogP contribution is 2.34. The highest BCUT2D eigenvalue weighted by molar-refractivity contribution is 9.10. The van der Waals surface area contributed by atoms with Crippen LogP contribution >= 0.6 is 15.9 Å². The number of hydrogen-bond donors (Lipinski definition) is 2. The molecule has 2 N–H and O–H groups in total. The standard InChI is InChI=1S/C14H19BrO3/c1-3-14(2,17)12(16)8-10-7-11(15)6-9-4-5-18-13(9)10/h6-7,12,16-17H,3-5,8H2,1-2H3. The number of aliphatic hydroxyl groups excluding tert-OH is 1. The molecule has 18 heavy (non-hydrogen) atoms. The molecule has 1 aromatic carbocycles. The van der Waals surface area contributed by atoms with Gasteiger partial charge < -0.3 is 14.9 Å². The van der Waals surface area contributed by atoms with Gasteiger partial charge >= 0.3 is 0 Å². The predicted molar refractivity (Wildman–Crippen MR) is 74.0 cm³/mol. The van der Waals surface area contributed by atoms with Crippen molar-refractivity contribution >= 4 is 15.9 Å². The molecule has 0 saturated heterocycles. The average Bonchev–Trinajstić information content (AvgIpc) is 2.76. The summed E-state index contributed by atoms with van der Waals surface area (Å²) in [5.74, 6) is 0.879. The average molecular weight is 315 g/mol. The number of hydrogen-bond acceptors (Lipinski definition) is 3. The molecule has 0 amide bonds. The molecule has 3 nitrogen and oxygen atoms in total. The molecule has 0 aromatic heterocycles. The number of benzene rings is 1. The van der Waals surface area contributed by atoms with Crippen molar-refractivity contribution in [3.63, 3.8) is 0 Å². The van der Waals surface area contributed by atoms with Crippen molar-refractivity contribution in [1.29, 1.82) is 0 Å². The van der Waals surface area contributed by atoms with Crippen LogP contribution in [0.3, 0.4) is 0 Å². The van der Waals surface area contributed by atoms with Gasteiger partial charge in [-0.1, -0.05) is 22.9 Å². The van der Waals surface area contributed by atoms with Crippen LogP contribution in [0.15, 0.2) is 16.6 Å². The summed E-state index contributed by atoms with van der Waals surface area (Å²) in [6.45, 7) is 4.22. The van der Waals surface area contributed by atoms with Crippen LogP contribution < -0.4 is 4.74 Å². The number of fused-ring (bicyclic) bond motifs is 1. The zero-order valence-electron chi connectivity index (χ0n) is 10.7. The maximum atomic E-state index is 10.1. The fraction of sp³-hybridized carbons (Fsp3) is 0.571. The van der Waals surface area contributed by atoms with Crippen molar-refractivity contribution < 1.29 is 14.9 Å². The molecule has 100 valence electrons. The maximum Gasteiger partial charge on any atom is 0.125 e. The maximum absolute atomic E-state index is 10.1. The van der Waals surface area contributed by atoms with Crippen molar-refractivity contribution in [1.82, 2.24) is 0 Å². The summed E-state index contributed by atoms with van der Waals surface area (Å²) in [4.78, 5) is 0. The lowest BCUT2D eigenvalue weighted by molar-refractivity contribution is -0.0631. The summed E-state index contributed by atoms with van der Waals surface area (Å²) in [7, 11) is 0. The van der Waals surface area contributed by atoms with Crippen molar-refractivity contribution in [2.75, 3.05) is 6.61 Å². The third-order valence-electron chi connectivity index (χ3n) is 3.67. The van der Waals surface area contributed by atoms with Crippen LogP contribution in [0.4, 0.5) is 0 Å². The monoisotopic (exact) mass is 314 g/mol. The first-order chi connectivity index (χ1) is 8.44. The zero-order valence-corrected chi connectivity index (χ0v) is 12.3. The Balaban J connectivity index is 2.25. The van der Waals surface area contributed by atoms with E-state index >= 15 is 0 Å². The lowest BCUT2D eigenvalue weighted by Gasteiger charge is -2.28. The Kier molecular flexibility index (Phi) is 3.99. The summed E-state index contributed by atoms with van der Waals surface area (Å²) in [5.41, 5.74) is 1.06. The molecule has 0 radical (unpaired) electrons. The van der Waals surface area contributed by atoms with Gasteiger partial charge in [0.1, 0.15) is 5.75 Å². The van der Waals surface area contributed by atoms with Gasteiger partial charge in [0.2, 0.25) is 0 Å². The van der Waals surface area contributed by atoms with Crippen LogP contribution in [-0.4, -0.2) is 28.5 Å². The fourth-order valence-electron chi connectivity index (χ4n) is 2.16. The predicted octanol–water partition coefficient (Wildman–Crippen LogP) is 2.45. The molecule has 1 aliphatic rings. The minimum absolute atomic E-state index is 0.405. The van der Waals surface area contributed by atoms with Crippen LogP contribution in [0, 0.1) is 0 Å². The summed E-state index contributed by atoms with van der Waals surface area (Å²) < 4.78 is 6.61. The molecular weight excluding hydrogens is 296 g/mol. The SMILES string of the molecule is CCC(C)(O)C(O)Cc1cc(Br)cc2c1OCC2. The first kappa shape index (κ1) is 13.8. The highest BCUT2D eigenvalue weighted by atomic mass is 79.9. The van der Waals surface area contributed by atoms with E-state index in [2.05, 4.69) is 22.0 Å². The van der Waals surface area contributed by atoms with Gasteiger partial charge in [-0.2, -0.15) is 0 Å². The Morgan fingerprint density at radius 3 is 2.89 bits per heavy atom. The minimum atomic E-state index is -1.06. The van der Waals surface area contributed by atoms with Gasteiger partial charge in [-0.05, 0) is 36.6 Å². The highest BCUT2D eigenvalue weighted by Gasteiger charge is 2.30. The molecule has 2 atom stereocenters. The van der Waals surface area contributed by atoms with Crippen molar-refractivity contribution in [3.8, 4) is 5.75 Å². The van der Waals surface area contributed by atoms with Crippen molar-refractivity contribution in [2.24, 2.45) is 0 Å². The fourth-order valence-corrected chi connectivity index (χ4v) is 2.71. The third-order valence-corrected chi connectivity index (χ3v) is 4.13. The second kappa shape index (κ2) is 5.19. The first-order valence-electron chi connectivity index (χ1n) is 6.28. The Hall–Kier alpha value is -0.580. The molecule has 1 heterocycles. The van der Waals surface area contributed by atoms with E-state index in [1.165, 1.54) is 5.56 Å². The largest absolute Gasteiger partial charge is 0.493 e. The van der Waals surface area contributed by atoms with E-state index in [-0.39, 0.29) is 0 Å². The normalized spacial score (nSPS) is 18.9. The van der Waals surface area contributed by atoms with Gasteiger partial charge in [-0.25, -0.2) is 0 Å². The van der Waals surface area contributed by atoms with Gasteiger partial charge in [-0.15, -0.1) is 0 Å². The summed E-state index contributed by atoms with van der Waals surface area (Å²) >= 11 is 3.47. The number of ether oxygens (including phenoxy) is 1. The van der Waals surface area contributed by atoms with Crippen molar-refractivity contribution in [2.45, 2.75) is 44.8 Å². The van der Waals surface area contributed by atoms with Crippen LogP contribution in [0.25, 0.3) is 0 Å². The van der Waals surface area contributed by atoms with E-state index in [0.717, 1.165) is 22.2 Å². The number of halogens is 1. The molecule has 2 unspecified atom stereocenters. The number of rotatable bonds is 4. The van der Waals surface area contributed by atoms with Gasteiger partial charge in [0.05, 0.1) is 18.3 Å². The lowest BCUT2D eigenvalue weighted by Crippen LogP contribution is -2.40. The minimum Gasteiger partial charge on any atom is -0.493 e. The van der Waals surface area contributed by atoms with Gasteiger partial charge in [0.15, 0.2) is 0 Å². The molecule has 2 rings (SSSR count). The summed E-state index contributed by atoms with van der Waals surface area (Å²) in [5, 5.41) is 20.2. The summed E-state index contributed by atoms with van der Waals surface area (Å²) in [6.07, 6.45) is 1.04. The number of aliphatic hydroxyl groups is 2. The Morgan fingerprint density at radius 1 is 1.50 bits per heavy atom. The van der Waals surface area contributed by atoms with E-state index in [1.54, 1.807) is 6.92 Å². The smallest absolute Gasteiger partial charge is 0.125 e. The molecule has 0 fully saturated rings. The third kappa shape index (κ3) is 2.71. The Bertz CT molecular complexity index is 443. The quantitative estimate of drug-likeness (QED) is 0.897.